The number of amides is 1. The number of ether oxygens (including phenoxy) is 1. The van der Waals surface area contributed by atoms with Crippen molar-refractivity contribution in [3.63, 3.8) is 0 Å². The van der Waals surface area contributed by atoms with E-state index >= 15 is 0 Å². The number of halogens is 3. The van der Waals surface area contributed by atoms with E-state index in [1.54, 1.807) is 0 Å². The lowest BCUT2D eigenvalue weighted by Gasteiger charge is -2.17. The molecule has 0 spiro atoms. The standard InChI is InChI=1S/C13H16F3N3O2/c14-13(15,16)10-5-1-4-9(11(10)19-17)12(20)18-7-8-3-2-6-21-8/h1,4-5,8,19H,2-3,6-7,17H2,(H,18,20). The fraction of sp³-hybridized carbons (Fsp3) is 0.462. The van der Waals surface area contributed by atoms with Crippen LogP contribution in [0, 0.1) is 0 Å². The molecule has 1 amide bonds. The summed E-state index contributed by atoms with van der Waals surface area (Å²) in [5.74, 6) is 4.53. The molecule has 0 aromatic heterocycles. The number of hydrogen-bond acceptors (Lipinski definition) is 4. The predicted molar refractivity (Wildman–Crippen MR) is 70.6 cm³/mol. The van der Waals surface area contributed by atoms with Crippen LogP contribution < -0.4 is 16.6 Å². The summed E-state index contributed by atoms with van der Waals surface area (Å²) >= 11 is 0. The molecule has 2 rings (SSSR count). The minimum Gasteiger partial charge on any atom is -0.376 e. The SMILES string of the molecule is NNc1c(C(=O)NCC2CCCO2)cccc1C(F)(F)F. The van der Waals surface area contributed by atoms with Crippen molar-refractivity contribution in [2.75, 3.05) is 18.6 Å². The Morgan fingerprint density at radius 2 is 2.19 bits per heavy atom. The summed E-state index contributed by atoms with van der Waals surface area (Å²) in [7, 11) is 0. The fourth-order valence-corrected chi connectivity index (χ4v) is 2.24. The van der Waals surface area contributed by atoms with Gasteiger partial charge in [0, 0.05) is 13.2 Å². The van der Waals surface area contributed by atoms with Crippen LogP contribution in [-0.2, 0) is 10.9 Å². The summed E-state index contributed by atoms with van der Waals surface area (Å²) in [6, 6.07) is 3.33. The van der Waals surface area contributed by atoms with Gasteiger partial charge in [-0.2, -0.15) is 13.2 Å². The van der Waals surface area contributed by atoms with Crippen molar-refractivity contribution in [3.05, 3.63) is 29.3 Å². The van der Waals surface area contributed by atoms with Crippen LogP contribution in [0.25, 0.3) is 0 Å². The molecule has 8 heteroatoms. The number of nitrogen functional groups attached to an aromatic ring is 1. The highest BCUT2D eigenvalue weighted by molar-refractivity contribution is 6.00. The minimum absolute atomic E-state index is 0.0889. The summed E-state index contributed by atoms with van der Waals surface area (Å²) in [6.07, 6.45) is -2.94. The van der Waals surface area contributed by atoms with Gasteiger partial charge in [0.1, 0.15) is 0 Å². The van der Waals surface area contributed by atoms with E-state index < -0.39 is 23.3 Å². The van der Waals surface area contributed by atoms with Crippen LogP contribution >= 0.6 is 0 Å². The summed E-state index contributed by atoms with van der Waals surface area (Å²) in [5.41, 5.74) is 0.407. The van der Waals surface area contributed by atoms with E-state index in [0.717, 1.165) is 18.9 Å². The molecule has 0 bridgehead atoms. The third-order valence-corrected chi connectivity index (χ3v) is 3.27. The Morgan fingerprint density at radius 1 is 1.43 bits per heavy atom. The Balaban J connectivity index is 2.16. The van der Waals surface area contributed by atoms with E-state index in [1.165, 1.54) is 12.1 Å². The Hall–Kier alpha value is -1.80. The fourth-order valence-electron chi connectivity index (χ4n) is 2.24. The Morgan fingerprint density at radius 3 is 2.76 bits per heavy atom. The van der Waals surface area contributed by atoms with E-state index in [4.69, 9.17) is 10.6 Å². The van der Waals surface area contributed by atoms with E-state index in [1.807, 2.05) is 5.43 Å². The maximum atomic E-state index is 12.9. The molecular weight excluding hydrogens is 287 g/mol. The van der Waals surface area contributed by atoms with Crippen molar-refractivity contribution < 1.29 is 22.7 Å². The highest BCUT2D eigenvalue weighted by Gasteiger charge is 2.35. The average molecular weight is 303 g/mol. The first kappa shape index (κ1) is 15.6. The molecule has 1 unspecified atom stereocenters. The van der Waals surface area contributed by atoms with Crippen LogP contribution in [0.15, 0.2) is 18.2 Å². The zero-order valence-corrected chi connectivity index (χ0v) is 11.2. The number of alkyl halides is 3. The van der Waals surface area contributed by atoms with Gasteiger partial charge in [-0.25, -0.2) is 0 Å². The number of para-hydroxylation sites is 1. The molecule has 4 N–H and O–H groups in total. The van der Waals surface area contributed by atoms with Gasteiger partial charge in [-0.05, 0) is 25.0 Å². The lowest BCUT2D eigenvalue weighted by atomic mass is 10.1. The molecule has 1 heterocycles. The van der Waals surface area contributed by atoms with E-state index in [9.17, 15) is 18.0 Å². The summed E-state index contributed by atoms with van der Waals surface area (Å²) in [6.45, 7) is 0.902. The second-order valence-corrected chi connectivity index (χ2v) is 4.72. The quantitative estimate of drug-likeness (QED) is 0.586. The molecule has 1 aliphatic heterocycles. The van der Waals surface area contributed by atoms with Gasteiger partial charge in [0.2, 0.25) is 0 Å². The summed E-state index contributed by atoms with van der Waals surface area (Å²) in [5, 5.41) is 2.57. The summed E-state index contributed by atoms with van der Waals surface area (Å²) in [4.78, 5) is 12.0. The molecule has 1 fully saturated rings. The third-order valence-electron chi connectivity index (χ3n) is 3.27. The molecule has 21 heavy (non-hydrogen) atoms. The van der Waals surface area contributed by atoms with E-state index in [-0.39, 0.29) is 18.2 Å². The van der Waals surface area contributed by atoms with Crippen molar-refractivity contribution in [1.29, 1.82) is 0 Å². The monoisotopic (exact) mass is 303 g/mol. The summed E-state index contributed by atoms with van der Waals surface area (Å²) < 4.78 is 43.9. The first-order chi connectivity index (χ1) is 9.93. The molecule has 1 saturated heterocycles. The van der Waals surface area contributed by atoms with Crippen molar-refractivity contribution in [2.24, 2.45) is 5.84 Å². The topological polar surface area (TPSA) is 76.4 Å². The van der Waals surface area contributed by atoms with Crippen LogP contribution in [-0.4, -0.2) is 25.2 Å². The molecule has 1 aromatic carbocycles. The second-order valence-electron chi connectivity index (χ2n) is 4.72. The predicted octanol–water partition coefficient (Wildman–Crippen LogP) is 1.90. The maximum Gasteiger partial charge on any atom is 0.418 e. The number of benzene rings is 1. The van der Waals surface area contributed by atoms with Crippen molar-refractivity contribution in [1.82, 2.24) is 5.32 Å². The molecule has 1 aromatic rings. The number of carbonyl (C=O) groups is 1. The number of hydrazine groups is 1. The molecule has 0 aliphatic carbocycles. The molecular formula is C13H16F3N3O2. The van der Waals surface area contributed by atoms with Crippen LogP contribution in [0.4, 0.5) is 18.9 Å². The Bertz CT molecular complexity index is 514. The number of carbonyl (C=O) groups excluding carboxylic acids is 1. The normalized spacial score (nSPS) is 18.6. The van der Waals surface area contributed by atoms with Gasteiger partial charge in [-0.3, -0.25) is 10.6 Å². The van der Waals surface area contributed by atoms with Gasteiger partial charge < -0.3 is 15.5 Å². The number of nitrogens with one attached hydrogen (secondary N) is 2. The third kappa shape index (κ3) is 3.64. The first-order valence-electron chi connectivity index (χ1n) is 6.50. The van der Waals surface area contributed by atoms with Gasteiger partial charge in [0.05, 0.1) is 22.9 Å². The maximum absolute atomic E-state index is 12.9. The van der Waals surface area contributed by atoms with Crippen molar-refractivity contribution in [2.45, 2.75) is 25.1 Å². The van der Waals surface area contributed by atoms with Crippen LogP contribution in [0.5, 0.6) is 0 Å². The largest absolute Gasteiger partial charge is 0.418 e. The second kappa shape index (κ2) is 6.31. The molecule has 0 radical (unpaired) electrons. The zero-order valence-electron chi connectivity index (χ0n) is 11.2. The molecule has 0 saturated carbocycles. The van der Waals surface area contributed by atoms with Crippen molar-refractivity contribution in [3.8, 4) is 0 Å². The average Bonchev–Trinajstić information content (AvgIpc) is 2.96. The molecule has 1 aliphatic rings. The highest BCUT2D eigenvalue weighted by atomic mass is 19.4. The van der Waals surface area contributed by atoms with E-state index in [0.29, 0.717) is 6.61 Å². The lowest BCUT2D eigenvalue weighted by Crippen LogP contribution is -2.33. The van der Waals surface area contributed by atoms with Gasteiger partial charge in [-0.1, -0.05) is 6.07 Å². The number of anilines is 1. The first-order valence-corrected chi connectivity index (χ1v) is 6.50. The number of rotatable bonds is 4. The van der Waals surface area contributed by atoms with Gasteiger partial charge in [0.25, 0.3) is 5.91 Å². The lowest BCUT2D eigenvalue weighted by molar-refractivity contribution is -0.137. The van der Waals surface area contributed by atoms with Gasteiger partial charge >= 0.3 is 6.18 Å². The highest BCUT2D eigenvalue weighted by Crippen LogP contribution is 2.36. The van der Waals surface area contributed by atoms with E-state index in [2.05, 4.69) is 5.32 Å². The van der Waals surface area contributed by atoms with Crippen LogP contribution in [0.3, 0.4) is 0 Å². The Kier molecular flexibility index (Phi) is 4.69. The van der Waals surface area contributed by atoms with Gasteiger partial charge in [-0.15, -0.1) is 0 Å². The number of hydrogen-bond donors (Lipinski definition) is 3. The minimum atomic E-state index is -4.59. The zero-order chi connectivity index (χ0) is 15.5. The number of nitrogens with two attached hydrogens (primary N) is 1. The van der Waals surface area contributed by atoms with Crippen LogP contribution in [0.2, 0.25) is 0 Å². The van der Waals surface area contributed by atoms with Crippen LogP contribution in [0.1, 0.15) is 28.8 Å². The Labute approximate surface area is 119 Å². The molecule has 5 nitrogen and oxygen atoms in total. The molecule has 1 atom stereocenters. The smallest absolute Gasteiger partial charge is 0.376 e. The van der Waals surface area contributed by atoms with Crippen molar-refractivity contribution >= 4 is 11.6 Å². The molecule has 116 valence electrons. The van der Waals surface area contributed by atoms with Gasteiger partial charge in [0.15, 0.2) is 0 Å².